The molecule has 0 atom stereocenters. The number of nitrogens with zero attached hydrogens (tertiary/aromatic N) is 4. The van der Waals surface area contributed by atoms with Crippen molar-refractivity contribution in [2.75, 3.05) is 32.7 Å². The Balaban J connectivity index is 1.36. The van der Waals surface area contributed by atoms with Crippen LogP contribution in [0.1, 0.15) is 37.5 Å². The predicted molar refractivity (Wildman–Crippen MR) is 127 cm³/mol. The lowest BCUT2D eigenvalue weighted by molar-refractivity contribution is 0.0582. The Morgan fingerprint density at radius 2 is 1.97 bits per heavy atom. The van der Waals surface area contributed by atoms with Crippen molar-refractivity contribution < 1.29 is 8.78 Å². The van der Waals surface area contributed by atoms with E-state index in [-0.39, 0.29) is 11.9 Å². The lowest BCUT2D eigenvalue weighted by Crippen LogP contribution is -2.48. The van der Waals surface area contributed by atoms with Gasteiger partial charge in [-0.15, -0.1) is 0 Å². The molecule has 6 nitrogen and oxygen atoms in total. The first-order valence-corrected chi connectivity index (χ1v) is 12.0. The van der Waals surface area contributed by atoms with Gasteiger partial charge in [0.05, 0.1) is 11.0 Å². The van der Waals surface area contributed by atoms with E-state index in [0.717, 1.165) is 49.2 Å². The summed E-state index contributed by atoms with van der Waals surface area (Å²) in [6, 6.07) is 5.03. The van der Waals surface area contributed by atoms with Gasteiger partial charge in [0.15, 0.2) is 5.67 Å². The molecule has 2 aromatic rings. The lowest BCUT2D eigenvalue weighted by Gasteiger charge is -2.44. The first kappa shape index (κ1) is 23.1. The first-order valence-electron chi connectivity index (χ1n) is 11.1. The third-order valence-corrected chi connectivity index (χ3v) is 7.27. The number of rotatable bonds is 6. The van der Waals surface area contributed by atoms with E-state index in [4.69, 9.17) is 10.9 Å². The Morgan fingerprint density at radius 1 is 1.28 bits per heavy atom. The number of hydrogen-bond acceptors (Lipinski definition) is 6. The van der Waals surface area contributed by atoms with E-state index in [1.165, 1.54) is 12.1 Å². The largest absolute Gasteiger partial charge is 0.401 e. The van der Waals surface area contributed by atoms with Crippen LogP contribution in [0, 0.1) is 12.7 Å². The molecule has 2 aliphatic rings. The van der Waals surface area contributed by atoms with Gasteiger partial charge in [0.1, 0.15) is 11.6 Å². The zero-order valence-corrected chi connectivity index (χ0v) is 19.4. The van der Waals surface area contributed by atoms with Crippen molar-refractivity contribution >= 4 is 23.0 Å². The Labute approximate surface area is 192 Å². The molecule has 0 bridgehead atoms. The highest BCUT2D eigenvalue weighted by Crippen LogP contribution is 2.38. The van der Waals surface area contributed by atoms with Crippen molar-refractivity contribution in [3.63, 3.8) is 0 Å². The number of aryl methyl sites for hydroxylation is 1. The second kappa shape index (κ2) is 9.41. The van der Waals surface area contributed by atoms with E-state index >= 15 is 4.39 Å². The molecule has 0 amide bonds. The number of benzene rings is 1. The van der Waals surface area contributed by atoms with Crippen LogP contribution in [0.4, 0.5) is 8.78 Å². The van der Waals surface area contributed by atoms with Gasteiger partial charge in [-0.05, 0) is 44.7 Å². The summed E-state index contributed by atoms with van der Waals surface area (Å²) < 4.78 is 31.6. The second-order valence-corrected chi connectivity index (χ2v) is 9.41. The fourth-order valence-electron chi connectivity index (χ4n) is 5.07. The zero-order chi connectivity index (χ0) is 22.9. The molecule has 0 radical (unpaired) electrons. The van der Waals surface area contributed by atoms with Crippen molar-refractivity contribution in [1.29, 1.82) is 0 Å². The summed E-state index contributed by atoms with van der Waals surface area (Å²) in [5.74, 6) is 0.614. The molecule has 0 unspecified atom stereocenters. The van der Waals surface area contributed by atoms with Gasteiger partial charge in [-0.1, -0.05) is 18.5 Å². The van der Waals surface area contributed by atoms with E-state index in [2.05, 4.69) is 25.9 Å². The van der Waals surface area contributed by atoms with Crippen LogP contribution in [0.25, 0.3) is 11.0 Å². The number of allylic oxidation sites excluding steroid dienone is 1. The number of hydrogen-bond donors (Lipinski definition) is 2. The van der Waals surface area contributed by atoms with Crippen LogP contribution < -0.4 is 10.9 Å². The first-order chi connectivity index (χ1) is 15.3. The summed E-state index contributed by atoms with van der Waals surface area (Å²) in [5, 5.41) is 7.15. The van der Waals surface area contributed by atoms with E-state index in [1.54, 1.807) is 11.5 Å². The van der Waals surface area contributed by atoms with Gasteiger partial charge in [0.25, 0.3) is 0 Å². The maximum Gasteiger partial charge on any atom is 0.152 e. The summed E-state index contributed by atoms with van der Waals surface area (Å²) in [7, 11) is 0. The van der Waals surface area contributed by atoms with Crippen molar-refractivity contribution in [3.05, 3.63) is 53.2 Å². The normalized spacial score (nSPS) is 20.8. The van der Waals surface area contributed by atoms with Crippen LogP contribution in [0.5, 0.6) is 0 Å². The Bertz CT molecular complexity index is 1000. The molecule has 3 heterocycles. The average molecular weight is 463 g/mol. The number of aromatic nitrogens is 2. The third kappa shape index (κ3) is 4.65. The predicted octanol–water partition coefficient (Wildman–Crippen LogP) is 3.85. The number of likely N-dealkylation sites (tertiary alicyclic amines) is 2. The van der Waals surface area contributed by atoms with Crippen molar-refractivity contribution in [2.24, 2.45) is 10.9 Å². The molecule has 0 spiro atoms. The minimum absolute atomic E-state index is 0.266. The molecule has 174 valence electrons. The molecule has 2 aliphatic heterocycles. The summed E-state index contributed by atoms with van der Waals surface area (Å²) >= 11 is 1.09. The van der Waals surface area contributed by atoms with Crippen molar-refractivity contribution in [3.8, 4) is 0 Å². The van der Waals surface area contributed by atoms with E-state index in [0.29, 0.717) is 49.4 Å². The molecule has 2 fully saturated rings. The Morgan fingerprint density at radius 3 is 2.62 bits per heavy atom. The molecule has 1 aromatic carbocycles. The van der Waals surface area contributed by atoms with Gasteiger partial charge in [0, 0.05) is 61.6 Å². The highest BCUT2D eigenvalue weighted by atomic mass is 32.2. The number of imidazole rings is 1. The third-order valence-electron chi connectivity index (χ3n) is 6.83. The van der Waals surface area contributed by atoms with E-state index in [9.17, 15) is 4.39 Å². The molecular weight excluding hydrogens is 430 g/mol. The van der Waals surface area contributed by atoms with Gasteiger partial charge < -0.3 is 15.2 Å². The summed E-state index contributed by atoms with van der Waals surface area (Å²) in [4.78, 5) is 8.81. The smallest absolute Gasteiger partial charge is 0.152 e. The molecule has 32 heavy (non-hydrogen) atoms. The number of nitrogens with two attached hydrogens (primary N) is 2. The van der Waals surface area contributed by atoms with Crippen LogP contribution in [0.2, 0.25) is 0 Å². The van der Waals surface area contributed by atoms with Gasteiger partial charge in [-0.3, -0.25) is 10.0 Å². The number of piperidine rings is 2. The summed E-state index contributed by atoms with van der Waals surface area (Å²) in [5.41, 5.74) is 7.51. The molecule has 1 aromatic heterocycles. The average Bonchev–Trinajstić information content (AvgIpc) is 3.10. The Kier molecular flexibility index (Phi) is 6.78. The minimum atomic E-state index is -1.38. The van der Waals surface area contributed by atoms with Gasteiger partial charge in [0.2, 0.25) is 0 Å². The van der Waals surface area contributed by atoms with Crippen molar-refractivity contribution in [2.45, 2.75) is 44.3 Å². The number of halogens is 2. The molecule has 9 heteroatoms. The van der Waals surface area contributed by atoms with E-state index in [1.807, 2.05) is 6.92 Å². The monoisotopic (exact) mass is 462 g/mol. The topological polar surface area (TPSA) is 76.3 Å². The van der Waals surface area contributed by atoms with Gasteiger partial charge >= 0.3 is 0 Å². The van der Waals surface area contributed by atoms with Crippen LogP contribution in [0.3, 0.4) is 0 Å². The second-order valence-electron chi connectivity index (χ2n) is 8.90. The highest BCUT2D eigenvalue weighted by Gasteiger charge is 2.40. The molecular formula is C23H32F2N6S. The SMILES string of the molecule is C=C(N1CCC(n2c(C)nc3cc(F)ccc32)CC1)C1(F)CCN(C/C(N)=C/SN)CC1. The summed E-state index contributed by atoms with van der Waals surface area (Å²) in [6.45, 7) is 9.54. The van der Waals surface area contributed by atoms with Crippen LogP contribution in [-0.4, -0.2) is 57.7 Å². The molecule has 4 rings (SSSR count). The van der Waals surface area contributed by atoms with Gasteiger partial charge in [-0.2, -0.15) is 0 Å². The zero-order valence-electron chi connectivity index (χ0n) is 18.6. The van der Waals surface area contributed by atoms with Crippen LogP contribution in [0.15, 0.2) is 41.6 Å². The van der Waals surface area contributed by atoms with Crippen LogP contribution in [-0.2, 0) is 0 Å². The van der Waals surface area contributed by atoms with Crippen LogP contribution >= 0.6 is 11.9 Å². The number of fused-ring (bicyclic) bond motifs is 1. The van der Waals surface area contributed by atoms with Crippen molar-refractivity contribution in [1.82, 2.24) is 19.4 Å². The maximum atomic E-state index is 15.8. The van der Waals surface area contributed by atoms with Gasteiger partial charge in [-0.25, -0.2) is 13.8 Å². The fourth-order valence-corrected chi connectivity index (χ4v) is 5.32. The fraction of sp³-hybridized carbons (Fsp3) is 0.522. The molecule has 0 saturated carbocycles. The lowest BCUT2D eigenvalue weighted by atomic mass is 9.88. The molecule has 4 N–H and O–H groups in total. The standard InChI is InChI=1S/C23H32F2N6S/c1-16(23(25)7-11-29(12-8-23)14-19(26)15-32-27)30-9-5-20(6-10-30)31-17(2)28-21-13-18(24)3-4-22(21)31/h3-4,13,15,20H,1,5-12,14,26-27H2,2H3/b19-15-. The highest BCUT2D eigenvalue weighted by molar-refractivity contribution is 8.00. The minimum Gasteiger partial charge on any atom is -0.401 e. The summed E-state index contributed by atoms with van der Waals surface area (Å²) in [6.07, 6.45) is 2.60. The van der Waals surface area contributed by atoms with E-state index < -0.39 is 5.67 Å². The number of alkyl halides is 1. The molecule has 0 aliphatic carbocycles. The Hall–Kier alpha value is -2.10. The quantitative estimate of drug-likeness (QED) is 0.635. The molecule has 2 saturated heterocycles. The maximum absolute atomic E-state index is 15.8.